The molecule has 0 fully saturated rings. The highest BCUT2D eigenvalue weighted by Gasteiger charge is 2.19. The quantitative estimate of drug-likeness (QED) is 0.526. The third-order valence-corrected chi connectivity index (χ3v) is 5.23. The lowest BCUT2D eigenvalue weighted by Crippen LogP contribution is -2.14. The zero-order chi connectivity index (χ0) is 22.7. The Balaban J connectivity index is 1.84. The van der Waals surface area contributed by atoms with Gasteiger partial charge in [0.1, 0.15) is 5.76 Å². The number of furan rings is 1. The maximum Gasteiger partial charge on any atom is 0.291 e. The molecule has 1 amide bonds. The first-order valence-electron chi connectivity index (χ1n) is 9.97. The van der Waals surface area contributed by atoms with Crippen molar-refractivity contribution in [2.45, 2.75) is 34.1 Å². The molecule has 3 rings (SSSR count). The standard InChI is InChI=1S/C25H27NO5/c1-14-9-15(2)19(16(3)10-14)11-18-7-8-22(31-18)25(28)26-21-13-24(30-6)23(29-5)12-20(21)17(4)27/h7-10,12-13H,11H2,1-6H3,(H,26,28). The summed E-state index contributed by atoms with van der Waals surface area (Å²) in [6.07, 6.45) is 0.598. The third kappa shape index (κ3) is 4.79. The molecule has 3 aromatic rings. The van der Waals surface area contributed by atoms with Crippen molar-refractivity contribution in [3.05, 3.63) is 75.7 Å². The van der Waals surface area contributed by atoms with E-state index in [0.717, 1.165) is 0 Å². The van der Waals surface area contributed by atoms with Gasteiger partial charge in [-0.2, -0.15) is 0 Å². The number of methoxy groups -OCH3 is 2. The number of ketones is 1. The molecule has 1 N–H and O–H groups in total. The number of ether oxygens (including phenoxy) is 2. The monoisotopic (exact) mass is 421 g/mol. The van der Waals surface area contributed by atoms with Gasteiger partial charge in [-0.05, 0) is 62.6 Å². The van der Waals surface area contributed by atoms with Crippen molar-refractivity contribution in [3.63, 3.8) is 0 Å². The lowest BCUT2D eigenvalue weighted by molar-refractivity contribution is 0.0995. The lowest BCUT2D eigenvalue weighted by Gasteiger charge is -2.14. The Morgan fingerprint density at radius 1 is 0.935 bits per heavy atom. The number of benzene rings is 2. The van der Waals surface area contributed by atoms with Gasteiger partial charge in [-0.25, -0.2) is 0 Å². The van der Waals surface area contributed by atoms with Gasteiger partial charge in [0.25, 0.3) is 5.91 Å². The molecule has 0 unspecified atom stereocenters. The van der Waals surface area contributed by atoms with Crippen LogP contribution in [0, 0.1) is 20.8 Å². The third-order valence-electron chi connectivity index (χ3n) is 5.23. The highest BCUT2D eigenvalue weighted by Crippen LogP contribution is 2.34. The van der Waals surface area contributed by atoms with Crippen LogP contribution in [0.25, 0.3) is 0 Å². The van der Waals surface area contributed by atoms with E-state index in [2.05, 4.69) is 38.2 Å². The molecule has 1 heterocycles. The van der Waals surface area contributed by atoms with E-state index in [-0.39, 0.29) is 11.5 Å². The summed E-state index contributed by atoms with van der Waals surface area (Å²) >= 11 is 0. The van der Waals surface area contributed by atoms with Crippen molar-refractivity contribution in [3.8, 4) is 11.5 Å². The van der Waals surface area contributed by atoms with Crippen LogP contribution in [-0.4, -0.2) is 25.9 Å². The SMILES string of the molecule is COc1cc(NC(=O)c2ccc(Cc3c(C)cc(C)cc3C)o2)c(C(C)=O)cc1OC. The Morgan fingerprint density at radius 2 is 1.55 bits per heavy atom. The molecule has 0 saturated heterocycles. The lowest BCUT2D eigenvalue weighted by atomic mass is 9.97. The zero-order valence-corrected chi connectivity index (χ0v) is 18.7. The molecule has 0 atom stereocenters. The van der Waals surface area contributed by atoms with E-state index in [4.69, 9.17) is 13.9 Å². The second kappa shape index (κ2) is 9.08. The van der Waals surface area contributed by atoms with Crippen LogP contribution in [-0.2, 0) is 6.42 Å². The minimum absolute atomic E-state index is 0.168. The van der Waals surface area contributed by atoms with E-state index in [9.17, 15) is 9.59 Å². The largest absolute Gasteiger partial charge is 0.493 e. The Labute approximate surface area is 182 Å². The minimum Gasteiger partial charge on any atom is -0.493 e. The number of aryl methyl sites for hydroxylation is 3. The summed E-state index contributed by atoms with van der Waals surface area (Å²) in [6, 6.07) is 10.8. The van der Waals surface area contributed by atoms with Gasteiger partial charge in [0, 0.05) is 18.1 Å². The molecule has 1 aromatic heterocycles. The first kappa shape index (κ1) is 22.2. The second-order valence-corrected chi connectivity index (χ2v) is 7.58. The Morgan fingerprint density at radius 3 is 2.13 bits per heavy atom. The van der Waals surface area contributed by atoms with Crippen LogP contribution < -0.4 is 14.8 Å². The highest BCUT2D eigenvalue weighted by atomic mass is 16.5. The van der Waals surface area contributed by atoms with E-state index < -0.39 is 5.91 Å². The Bertz CT molecular complexity index is 1120. The molecular weight excluding hydrogens is 394 g/mol. The van der Waals surface area contributed by atoms with Gasteiger partial charge in [-0.3, -0.25) is 9.59 Å². The summed E-state index contributed by atoms with van der Waals surface area (Å²) in [5.41, 5.74) is 5.44. The first-order chi connectivity index (χ1) is 14.7. The normalized spacial score (nSPS) is 10.6. The maximum absolute atomic E-state index is 12.8. The summed E-state index contributed by atoms with van der Waals surface area (Å²) < 4.78 is 16.3. The number of anilines is 1. The fourth-order valence-corrected chi connectivity index (χ4v) is 3.72. The van der Waals surface area contributed by atoms with E-state index in [1.807, 2.05) is 0 Å². The van der Waals surface area contributed by atoms with Crippen LogP contribution in [0.3, 0.4) is 0 Å². The molecule has 0 aliphatic heterocycles. The average Bonchev–Trinajstić information content (AvgIpc) is 3.19. The molecule has 31 heavy (non-hydrogen) atoms. The van der Waals surface area contributed by atoms with Crippen molar-refractivity contribution in [1.29, 1.82) is 0 Å². The number of amides is 1. The van der Waals surface area contributed by atoms with Crippen LogP contribution in [0.4, 0.5) is 5.69 Å². The van der Waals surface area contributed by atoms with Crippen molar-refractivity contribution in [2.24, 2.45) is 0 Å². The molecule has 0 aliphatic rings. The molecule has 6 heteroatoms. The highest BCUT2D eigenvalue weighted by molar-refractivity contribution is 6.08. The molecule has 2 aromatic carbocycles. The van der Waals surface area contributed by atoms with Crippen LogP contribution in [0.5, 0.6) is 11.5 Å². The van der Waals surface area contributed by atoms with E-state index in [1.54, 1.807) is 24.3 Å². The predicted octanol–water partition coefficient (Wildman–Crippen LogP) is 5.27. The van der Waals surface area contributed by atoms with Crippen LogP contribution >= 0.6 is 0 Å². The summed E-state index contributed by atoms with van der Waals surface area (Å²) in [5, 5.41) is 2.75. The number of nitrogens with one attached hydrogen (secondary N) is 1. The molecule has 0 saturated carbocycles. The minimum atomic E-state index is -0.446. The summed E-state index contributed by atoms with van der Waals surface area (Å²) in [5.74, 6) is 1.03. The molecule has 6 nitrogen and oxygen atoms in total. The van der Waals surface area contributed by atoms with Gasteiger partial charge in [0.15, 0.2) is 23.0 Å². The summed E-state index contributed by atoms with van der Waals surface area (Å²) in [6.45, 7) is 7.65. The predicted molar refractivity (Wildman–Crippen MR) is 120 cm³/mol. The van der Waals surface area contributed by atoms with E-state index in [1.165, 1.54) is 43.4 Å². The van der Waals surface area contributed by atoms with Crippen molar-refractivity contribution < 1.29 is 23.5 Å². The Kier molecular flexibility index (Phi) is 6.49. The van der Waals surface area contributed by atoms with Crippen molar-refractivity contribution in [1.82, 2.24) is 0 Å². The van der Waals surface area contributed by atoms with E-state index >= 15 is 0 Å². The number of carbonyl (C=O) groups is 2. The van der Waals surface area contributed by atoms with E-state index in [0.29, 0.717) is 34.9 Å². The van der Waals surface area contributed by atoms with Crippen molar-refractivity contribution in [2.75, 3.05) is 19.5 Å². The number of carbonyl (C=O) groups excluding carboxylic acids is 2. The van der Waals surface area contributed by atoms with Gasteiger partial charge in [-0.1, -0.05) is 17.7 Å². The summed E-state index contributed by atoms with van der Waals surface area (Å²) in [7, 11) is 2.98. The molecular formula is C25H27NO5. The smallest absolute Gasteiger partial charge is 0.291 e. The maximum atomic E-state index is 12.8. The van der Waals surface area contributed by atoms with Gasteiger partial charge in [-0.15, -0.1) is 0 Å². The van der Waals surface area contributed by atoms with Crippen LogP contribution in [0.1, 0.15) is 55.9 Å². The first-order valence-corrected chi connectivity index (χ1v) is 9.97. The summed E-state index contributed by atoms with van der Waals surface area (Å²) in [4.78, 5) is 24.9. The zero-order valence-electron chi connectivity index (χ0n) is 18.7. The van der Waals surface area contributed by atoms with Gasteiger partial charge >= 0.3 is 0 Å². The fraction of sp³-hybridized carbons (Fsp3) is 0.280. The number of hydrogen-bond donors (Lipinski definition) is 1. The molecule has 0 aliphatic carbocycles. The van der Waals surface area contributed by atoms with Crippen molar-refractivity contribution >= 4 is 17.4 Å². The molecule has 0 spiro atoms. The van der Waals surface area contributed by atoms with Gasteiger partial charge in [0.2, 0.25) is 0 Å². The fourth-order valence-electron chi connectivity index (χ4n) is 3.72. The van der Waals surface area contributed by atoms with Gasteiger partial charge in [0.05, 0.1) is 19.9 Å². The van der Waals surface area contributed by atoms with Crippen LogP contribution in [0.15, 0.2) is 40.8 Å². The number of Topliss-reactive ketones (excluding diaryl/α,β-unsaturated/α-hetero) is 1. The second-order valence-electron chi connectivity index (χ2n) is 7.58. The average molecular weight is 421 g/mol. The molecule has 0 bridgehead atoms. The Hall–Kier alpha value is -3.54. The molecule has 0 radical (unpaired) electrons. The number of hydrogen-bond acceptors (Lipinski definition) is 5. The topological polar surface area (TPSA) is 77.8 Å². The number of rotatable bonds is 7. The van der Waals surface area contributed by atoms with Gasteiger partial charge < -0.3 is 19.2 Å². The molecule has 162 valence electrons. The van der Waals surface area contributed by atoms with Crippen LogP contribution in [0.2, 0.25) is 0 Å².